The van der Waals surface area contributed by atoms with Crippen molar-refractivity contribution < 1.29 is 19.1 Å². The van der Waals surface area contributed by atoms with Crippen molar-refractivity contribution >= 4 is 11.9 Å². The molecule has 0 aromatic carbocycles. The van der Waals surface area contributed by atoms with Gasteiger partial charge in [-0.15, -0.1) is 0 Å². The molecule has 0 unspecified atom stereocenters. The van der Waals surface area contributed by atoms with Crippen molar-refractivity contribution in [3.05, 3.63) is 11.6 Å². The summed E-state index contributed by atoms with van der Waals surface area (Å²) in [6, 6.07) is 0. The van der Waals surface area contributed by atoms with Crippen molar-refractivity contribution in [1.82, 2.24) is 0 Å². The minimum Gasteiger partial charge on any atom is -0.462 e. The molecule has 0 aromatic rings. The average Bonchev–Trinajstić information content (AvgIpc) is 2.22. The maximum atomic E-state index is 11.4. The van der Waals surface area contributed by atoms with Gasteiger partial charge in [-0.2, -0.15) is 0 Å². The highest BCUT2D eigenvalue weighted by atomic mass is 16.5. The number of ether oxygens (including phenoxy) is 2. The molecule has 0 atom stereocenters. The Balaban J connectivity index is 4.14. The van der Waals surface area contributed by atoms with Crippen molar-refractivity contribution in [1.29, 1.82) is 0 Å². The van der Waals surface area contributed by atoms with Gasteiger partial charge in [0, 0.05) is 11.6 Å². The molecule has 4 nitrogen and oxygen atoms in total. The topological polar surface area (TPSA) is 52.6 Å². The lowest BCUT2D eigenvalue weighted by atomic mass is 10.2. The van der Waals surface area contributed by atoms with E-state index >= 15 is 0 Å². The lowest BCUT2D eigenvalue weighted by Gasteiger charge is -2.07. The van der Waals surface area contributed by atoms with Gasteiger partial charge in [-0.1, -0.05) is 27.7 Å². The van der Waals surface area contributed by atoms with Crippen LogP contribution in [0.3, 0.4) is 0 Å². The first-order valence-electron chi connectivity index (χ1n) is 5.85. The van der Waals surface area contributed by atoms with E-state index in [0.29, 0.717) is 13.2 Å². The van der Waals surface area contributed by atoms with Gasteiger partial charge in [0.15, 0.2) is 0 Å². The molecule has 0 aliphatic heterocycles. The second-order valence-corrected chi connectivity index (χ2v) is 4.84. The zero-order valence-corrected chi connectivity index (χ0v) is 11.3. The second kappa shape index (κ2) is 7.87. The molecule has 0 aliphatic carbocycles. The standard InChI is InChI=1S/C13H22O4/c1-9(2)7-16-12(14)6-11(5)13(15)17-8-10(3)4/h6,9-10H,7-8H2,1-5H3/b11-6-. The first-order chi connectivity index (χ1) is 7.82. The van der Waals surface area contributed by atoms with Gasteiger partial charge in [-0.3, -0.25) is 0 Å². The number of rotatable bonds is 6. The van der Waals surface area contributed by atoms with Crippen LogP contribution in [0.2, 0.25) is 0 Å². The fraction of sp³-hybridized carbons (Fsp3) is 0.692. The summed E-state index contributed by atoms with van der Waals surface area (Å²) in [5, 5.41) is 0. The number of esters is 2. The monoisotopic (exact) mass is 242 g/mol. The van der Waals surface area contributed by atoms with Gasteiger partial charge in [0.05, 0.1) is 13.2 Å². The fourth-order valence-corrected chi connectivity index (χ4v) is 0.882. The van der Waals surface area contributed by atoms with Crippen molar-refractivity contribution in [3.63, 3.8) is 0 Å². The Kier molecular flexibility index (Phi) is 7.26. The highest BCUT2D eigenvalue weighted by molar-refractivity contribution is 5.95. The summed E-state index contributed by atoms with van der Waals surface area (Å²) in [6.07, 6.45) is 1.17. The van der Waals surface area contributed by atoms with E-state index in [1.807, 2.05) is 27.7 Å². The lowest BCUT2D eigenvalue weighted by molar-refractivity contribution is -0.142. The molecule has 4 heteroatoms. The molecule has 98 valence electrons. The van der Waals surface area contributed by atoms with E-state index in [0.717, 1.165) is 0 Å². The minimum atomic E-state index is -0.502. The Labute approximate surface area is 103 Å². The Morgan fingerprint density at radius 3 is 1.94 bits per heavy atom. The van der Waals surface area contributed by atoms with Crippen LogP contribution in [0, 0.1) is 11.8 Å². The van der Waals surface area contributed by atoms with Crippen LogP contribution >= 0.6 is 0 Å². The average molecular weight is 242 g/mol. The van der Waals surface area contributed by atoms with E-state index in [2.05, 4.69) is 0 Å². The van der Waals surface area contributed by atoms with Gasteiger partial charge in [-0.05, 0) is 18.8 Å². The van der Waals surface area contributed by atoms with Crippen LogP contribution in [0.15, 0.2) is 11.6 Å². The van der Waals surface area contributed by atoms with Crippen molar-refractivity contribution in [2.45, 2.75) is 34.6 Å². The largest absolute Gasteiger partial charge is 0.462 e. The van der Waals surface area contributed by atoms with E-state index in [1.54, 1.807) is 6.92 Å². The summed E-state index contributed by atoms with van der Waals surface area (Å²) in [5.74, 6) is -0.418. The van der Waals surface area contributed by atoms with E-state index in [4.69, 9.17) is 9.47 Å². The Morgan fingerprint density at radius 2 is 1.47 bits per heavy atom. The van der Waals surface area contributed by atoms with Crippen LogP contribution in [0.1, 0.15) is 34.6 Å². The maximum absolute atomic E-state index is 11.4. The highest BCUT2D eigenvalue weighted by Gasteiger charge is 2.10. The molecule has 0 heterocycles. The summed E-state index contributed by atoms with van der Waals surface area (Å²) >= 11 is 0. The number of hydrogen-bond donors (Lipinski definition) is 0. The Morgan fingerprint density at radius 1 is 1.00 bits per heavy atom. The quantitative estimate of drug-likeness (QED) is 0.530. The normalized spacial score (nSPS) is 11.8. The minimum absolute atomic E-state index is 0.263. The third kappa shape index (κ3) is 8.48. The summed E-state index contributed by atoms with van der Waals surface area (Å²) < 4.78 is 9.90. The predicted molar refractivity (Wildman–Crippen MR) is 65.4 cm³/mol. The maximum Gasteiger partial charge on any atom is 0.333 e. The molecule has 0 spiro atoms. The predicted octanol–water partition coefficient (Wildman–Crippen LogP) is 2.33. The molecule has 0 aliphatic rings. The van der Waals surface area contributed by atoms with Gasteiger partial charge in [0.2, 0.25) is 0 Å². The molecule has 17 heavy (non-hydrogen) atoms. The van der Waals surface area contributed by atoms with E-state index in [-0.39, 0.29) is 17.4 Å². The van der Waals surface area contributed by atoms with Gasteiger partial charge >= 0.3 is 11.9 Å². The molecular weight excluding hydrogens is 220 g/mol. The van der Waals surface area contributed by atoms with Gasteiger partial charge in [-0.25, -0.2) is 9.59 Å². The zero-order valence-electron chi connectivity index (χ0n) is 11.3. The number of hydrogen-bond acceptors (Lipinski definition) is 4. The van der Waals surface area contributed by atoms with Crippen LogP contribution in [-0.4, -0.2) is 25.2 Å². The summed E-state index contributed by atoms with van der Waals surface area (Å²) in [4.78, 5) is 22.7. The highest BCUT2D eigenvalue weighted by Crippen LogP contribution is 2.02. The molecule has 0 saturated heterocycles. The molecular formula is C13H22O4. The zero-order chi connectivity index (χ0) is 13.4. The van der Waals surface area contributed by atoms with Gasteiger partial charge in [0.1, 0.15) is 0 Å². The van der Waals surface area contributed by atoms with Gasteiger partial charge in [0.25, 0.3) is 0 Å². The molecule has 0 radical (unpaired) electrons. The number of carbonyl (C=O) groups excluding carboxylic acids is 2. The van der Waals surface area contributed by atoms with Crippen LogP contribution in [0.25, 0.3) is 0 Å². The fourth-order valence-electron chi connectivity index (χ4n) is 0.882. The molecule has 0 fully saturated rings. The van der Waals surface area contributed by atoms with Crippen LogP contribution < -0.4 is 0 Å². The molecule has 0 aromatic heterocycles. The molecule has 0 saturated carbocycles. The smallest absolute Gasteiger partial charge is 0.333 e. The van der Waals surface area contributed by atoms with Crippen molar-refractivity contribution in [2.75, 3.05) is 13.2 Å². The van der Waals surface area contributed by atoms with Crippen LogP contribution in [0.4, 0.5) is 0 Å². The Hall–Kier alpha value is -1.32. The third-order valence-electron chi connectivity index (χ3n) is 1.76. The second-order valence-electron chi connectivity index (χ2n) is 4.84. The summed E-state index contributed by atoms with van der Waals surface area (Å²) in [7, 11) is 0. The third-order valence-corrected chi connectivity index (χ3v) is 1.76. The molecule has 0 N–H and O–H groups in total. The molecule has 0 bridgehead atoms. The SMILES string of the molecule is C/C(=C/C(=O)OCC(C)C)C(=O)OCC(C)C. The lowest BCUT2D eigenvalue weighted by Crippen LogP contribution is -2.13. The van der Waals surface area contributed by atoms with Gasteiger partial charge < -0.3 is 9.47 Å². The van der Waals surface area contributed by atoms with E-state index in [9.17, 15) is 9.59 Å². The van der Waals surface area contributed by atoms with Crippen LogP contribution in [-0.2, 0) is 19.1 Å². The molecule has 0 amide bonds. The summed E-state index contributed by atoms with van der Waals surface area (Å²) in [5.41, 5.74) is 0.263. The summed E-state index contributed by atoms with van der Waals surface area (Å²) in [6.45, 7) is 10.0. The van der Waals surface area contributed by atoms with Crippen LogP contribution in [0.5, 0.6) is 0 Å². The Bertz CT molecular complexity index is 290. The van der Waals surface area contributed by atoms with Crippen molar-refractivity contribution in [3.8, 4) is 0 Å². The first-order valence-corrected chi connectivity index (χ1v) is 5.85. The first kappa shape index (κ1) is 15.7. The van der Waals surface area contributed by atoms with Crippen molar-refractivity contribution in [2.24, 2.45) is 11.8 Å². The molecule has 0 rings (SSSR count). The van der Waals surface area contributed by atoms with E-state index in [1.165, 1.54) is 6.08 Å². The van der Waals surface area contributed by atoms with E-state index < -0.39 is 11.9 Å². The number of carbonyl (C=O) groups is 2.